The van der Waals surface area contributed by atoms with Crippen molar-refractivity contribution in [1.82, 2.24) is 15.2 Å². The van der Waals surface area contributed by atoms with Gasteiger partial charge in [-0.15, -0.1) is 0 Å². The summed E-state index contributed by atoms with van der Waals surface area (Å²) in [5.74, 6) is -0.822. The van der Waals surface area contributed by atoms with Crippen molar-refractivity contribution in [3.05, 3.63) is 51.7 Å². The second-order valence-electron chi connectivity index (χ2n) is 4.00. The van der Waals surface area contributed by atoms with Crippen LogP contribution in [-0.4, -0.2) is 33.7 Å². The summed E-state index contributed by atoms with van der Waals surface area (Å²) in [5, 5.41) is 5.77. The number of carbonyl (C=O) groups is 2. The fourth-order valence-electron chi connectivity index (χ4n) is 1.55. The Morgan fingerprint density at radius 1 is 1.10 bits per heavy atom. The van der Waals surface area contributed by atoms with Gasteiger partial charge >= 0.3 is 17.6 Å². The molecule has 0 aliphatic carbocycles. The van der Waals surface area contributed by atoms with E-state index in [9.17, 15) is 14.4 Å². The Morgan fingerprint density at radius 2 is 1.67 bits per heavy atom. The molecule has 0 unspecified atom stereocenters. The average molecular weight is 291 g/mol. The van der Waals surface area contributed by atoms with Gasteiger partial charge in [0.05, 0.1) is 17.7 Å². The molecule has 0 amide bonds. The molecule has 0 saturated heterocycles. The molecule has 2 rings (SSSR count). The monoisotopic (exact) mass is 291 g/mol. The van der Waals surface area contributed by atoms with Gasteiger partial charge < -0.3 is 9.47 Å². The second kappa shape index (κ2) is 6.51. The molecule has 0 bridgehead atoms. The van der Waals surface area contributed by atoms with Crippen LogP contribution in [0.15, 0.2) is 29.1 Å². The first-order valence-electron chi connectivity index (χ1n) is 6.18. The highest BCUT2D eigenvalue weighted by Gasteiger charge is 2.11. The van der Waals surface area contributed by atoms with Crippen LogP contribution in [0.5, 0.6) is 0 Å². The summed E-state index contributed by atoms with van der Waals surface area (Å²) in [5.41, 5.74) is 0.158. The van der Waals surface area contributed by atoms with Gasteiger partial charge in [0.15, 0.2) is 12.4 Å². The van der Waals surface area contributed by atoms with Crippen LogP contribution in [-0.2, 0) is 16.1 Å². The Kier molecular flexibility index (Phi) is 4.50. The predicted octanol–water partition coefficient (Wildman–Crippen LogP) is 0.632. The van der Waals surface area contributed by atoms with Gasteiger partial charge in [-0.25, -0.2) is 19.5 Å². The highest BCUT2D eigenvalue weighted by molar-refractivity contribution is 5.93. The molecule has 0 aliphatic heterocycles. The standard InChI is InChI=1S/C13H13N3O5/c1-2-20-11(17)8-3-5-9(6-4-8)12(18)21-7-10-14-13(19)16-15-10/h3-6H,2,7H2,1H3,(H2,14,15,16,19). The summed E-state index contributed by atoms with van der Waals surface area (Å²) in [6, 6.07) is 5.87. The molecule has 110 valence electrons. The molecule has 0 aliphatic rings. The van der Waals surface area contributed by atoms with Crippen molar-refractivity contribution >= 4 is 11.9 Å². The minimum absolute atomic E-state index is 0.156. The summed E-state index contributed by atoms with van der Waals surface area (Å²) in [4.78, 5) is 36.4. The van der Waals surface area contributed by atoms with E-state index >= 15 is 0 Å². The average Bonchev–Trinajstić information content (AvgIpc) is 2.91. The van der Waals surface area contributed by atoms with Gasteiger partial charge in [-0.1, -0.05) is 0 Å². The third kappa shape index (κ3) is 3.78. The van der Waals surface area contributed by atoms with Crippen LogP contribution in [0, 0.1) is 0 Å². The first-order chi connectivity index (χ1) is 10.1. The molecule has 0 radical (unpaired) electrons. The van der Waals surface area contributed by atoms with Crippen LogP contribution in [0.1, 0.15) is 33.5 Å². The lowest BCUT2D eigenvalue weighted by Crippen LogP contribution is -2.08. The van der Waals surface area contributed by atoms with E-state index in [4.69, 9.17) is 9.47 Å². The molecule has 1 aromatic heterocycles. The topological polar surface area (TPSA) is 114 Å². The van der Waals surface area contributed by atoms with Gasteiger partial charge in [0.2, 0.25) is 0 Å². The molecular weight excluding hydrogens is 278 g/mol. The van der Waals surface area contributed by atoms with E-state index in [1.54, 1.807) is 6.92 Å². The van der Waals surface area contributed by atoms with E-state index in [-0.39, 0.29) is 24.6 Å². The lowest BCUT2D eigenvalue weighted by molar-refractivity contribution is 0.0459. The molecule has 21 heavy (non-hydrogen) atoms. The Morgan fingerprint density at radius 3 is 2.14 bits per heavy atom. The van der Waals surface area contributed by atoms with Crippen molar-refractivity contribution in [2.45, 2.75) is 13.5 Å². The van der Waals surface area contributed by atoms with Gasteiger partial charge in [-0.05, 0) is 31.2 Å². The zero-order valence-electron chi connectivity index (χ0n) is 11.2. The van der Waals surface area contributed by atoms with E-state index in [1.807, 2.05) is 0 Å². The molecule has 0 fully saturated rings. The van der Waals surface area contributed by atoms with E-state index < -0.39 is 17.6 Å². The molecule has 0 saturated carbocycles. The number of benzene rings is 1. The van der Waals surface area contributed by atoms with E-state index in [0.29, 0.717) is 5.56 Å². The Balaban J connectivity index is 1.96. The van der Waals surface area contributed by atoms with Gasteiger partial charge in [0.1, 0.15) is 0 Å². The number of H-pyrrole nitrogens is 2. The zero-order valence-corrected chi connectivity index (χ0v) is 11.2. The maximum atomic E-state index is 11.8. The summed E-state index contributed by atoms with van der Waals surface area (Å²) in [6.07, 6.45) is 0. The molecule has 1 heterocycles. The number of nitrogens with one attached hydrogen (secondary N) is 2. The molecule has 2 aromatic rings. The lowest BCUT2D eigenvalue weighted by atomic mass is 10.1. The molecule has 8 heteroatoms. The van der Waals surface area contributed by atoms with E-state index in [2.05, 4.69) is 15.2 Å². The first kappa shape index (κ1) is 14.5. The Hall–Kier alpha value is -2.90. The number of hydrogen-bond donors (Lipinski definition) is 2. The Bertz CT molecular complexity index is 686. The quantitative estimate of drug-likeness (QED) is 0.781. The van der Waals surface area contributed by atoms with Crippen LogP contribution in [0.4, 0.5) is 0 Å². The number of carbonyl (C=O) groups excluding carboxylic acids is 2. The maximum absolute atomic E-state index is 11.8. The molecule has 0 atom stereocenters. The van der Waals surface area contributed by atoms with Crippen LogP contribution in [0.2, 0.25) is 0 Å². The highest BCUT2D eigenvalue weighted by Crippen LogP contribution is 2.08. The number of nitrogens with zero attached hydrogens (tertiary/aromatic N) is 1. The summed E-state index contributed by atoms with van der Waals surface area (Å²) < 4.78 is 9.80. The molecular formula is C13H13N3O5. The third-order valence-corrected chi connectivity index (χ3v) is 2.52. The molecule has 2 N–H and O–H groups in total. The van der Waals surface area contributed by atoms with Crippen molar-refractivity contribution in [2.75, 3.05) is 6.61 Å². The minimum atomic E-state index is -0.589. The summed E-state index contributed by atoms with van der Waals surface area (Å²) in [6.45, 7) is 1.84. The summed E-state index contributed by atoms with van der Waals surface area (Å²) in [7, 11) is 0. The normalized spacial score (nSPS) is 10.1. The van der Waals surface area contributed by atoms with Crippen LogP contribution >= 0.6 is 0 Å². The van der Waals surface area contributed by atoms with Crippen LogP contribution in [0.25, 0.3) is 0 Å². The predicted molar refractivity (Wildman–Crippen MR) is 70.7 cm³/mol. The number of aromatic amines is 2. The third-order valence-electron chi connectivity index (χ3n) is 2.52. The molecule has 1 aromatic carbocycles. The summed E-state index contributed by atoms with van der Waals surface area (Å²) >= 11 is 0. The van der Waals surface area contributed by atoms with Crippen LogP contribution < -0.4 is 5.69 Å². The van der Waals surface area contributed by atoms with Gasteiger partial charge in [-0.3, -0.25) is 4.98 Å². The minimum Gasteiger partial charge on any atom is -0.462 e. The second-order valence-corrected chi connectivity index (χ2v) is 4.00. The van der Waals surface area contributed by atoms with Crippen molar-refractivity contribution < 1.29 is 19.1 Å². The largest absolute Gasteiger partial charge is 0.462 e. The van der Waals surface area contributed by atoms with Crippen molar-refractivity contribution in [1.29, 1.82) is 0 Å². The maximum Gasteiger partial charge on any atom is 0.340 e. The number of aromatic nitrogens is 3. The fourth-order valence-corrected chi connectivity index (χ4v) is 1.55. The van der Waals surface area contributed by atoms with Crippen molar-refractivity contribution in [3.63, 3.8) is 0 Å². The first-order valence-corrected chi connectivity index (χ1v) is 6.18. The number of ether oxygens (including phenoxy) is 2. The van der Waals surface area contributed by atoms with Gasteiger partial charge in [0.25, 0.3) is 0 Å². The van der Waals surface area contributed by atoms with Crippen molar-refractivity contribution in [2.24, 2.45) is 0 Å². The number of esters is 2. The molecule has 0 spiro atoms. The van der Waals surface area contributed by atoms with Crippen LogP contribution in [0.3, 0.4) is 0 Å². The SMILES string of the molecule is CCOC(=O)c1ccc(C(=O)OCc2n[nH]c(=O)[nH]2)cc1. The number of hydrogen-bond acceptors (Lipinski definition) is 6. The highest BCUT2D eigenvalue weighted by atomic mass is 16.5. The van der Waals surface area contributed by atoms with Crippen molar-refractivity contribution in [3.8, 4) is 0 Å². The van der Waals surface area contributed by atoms with Gasteiger partial charge in [0, 0.05) is 0 Å². The fraction of sp³-hybridized carbons (Fsp3) is 0.231. The smallest absolute Gasteiger partial charge is 0.340 e. The van der Waals surface area contributed by atoms with E-state index in [0.717, 1.165) is 0 Å². The Labute approximate surface area is 119 Å². The number of rotatable bonds is 5. The van der Waals surface area contributed by atoms with E-state index in [1.165, 1.54) is 24.3 Å². The van der Waals surface area contributed by atoms with Gasteiger partial charge in [-0.2, -0.15) is 5.10 Å². The lowest BCUT2D eigenvalue weighted by Gasteiger charge is -2.04. The zero-order chi connectivity index (χ0) is 15.2. The molecule has 8 nitrogen and oxygen atoms in total.